The van der Waals surface area contributed by atoms with Gasteiger partial charge in [0.2, 0.25) is 15.9 Å². The number of nitrogens with one attached hydrogen (secondary N) is 1. The average molecular weight is 496 g/mol. The molecule has 1 amide bonds. The lowest BCUT2D eigenvalue weighted by atomic mass is 10.2. The molecule has 0 spiro atoms. The van der Waals surface area contributed by atoms with Gasteiger partial charge in [0.1, 0.15) is 0 Å². The number of aryl methyl sites for hydroxylation is 1. The number of amides is 1. The molecule has 1 fully saturated rings. The lowest BCUT2D eigenvalue weighted by Gasteiger charge is -2.26. The minimum absolute atomic E-state index is 0.173. The maximum absolute atomic E-state index is 13.0. The van der Waals surface area contributed by atoms with E-state index >= 15 is 0 Å². The van der Waals surface area contributed by atoms with Crippen molar-refractivity contribution < 1.29 is 13.2 Å². The number of carbonyl (C=O) groups is 1. The van der Waals surface area contributed by atoms with Gasteiger partial charge < -0.3 is 5.32 Å². The standard InChI is InChI=1S/C26H33N5O3S/c1-21-11-12-24(35(33,34)31-13-7-4-8-14-31)15-25(21)28-26(32)20-29(2)17-23-16-27-30(19-23)18-22-9-5-3-6-10-22/h3,5-6,9-12,15-16,19H,4,7-8,13-14,17-18,20H2,1-2H3,(H,28,32). The van der Waals surface area contributed by atoms with Gasteiger partial charge in [-0.05, 0) is 50.1 Å². The molecule has 0 radical (unpaired) electrons. The Bertz CT molecular complexity index is 1250. The highest BCUT2D eigenvalue weighted by Crippen LogP contribution is 2.25. The van der Waals surface area contributed by atoms with Crippen LogP contribution < -0.4 is 5.32 Å². The van der Waals surface area contributed by atoms with Crippen LogP contribution in [0, 0.1) is 6.92 Å². The summed E-state index contributed by atoms with van der Waals surface area (Å²) in [6.07, 6.45) is 6.62. The van der Waals surface area contributed by atoms with E-state index in [4.69, 9.17) is 0 Å². The molecule has 3 aromatic rings. The van der Waals surface area contributed by atoms with Gasteiger partial charge >= 0.3 is 0 Å². The van der Waals surface area contributed by atoms with E-state index in [-0.39, 0.29) is 17.3 Å². The Morgan fingerprint density at radius 3 is 2.54 bits per heavy atom. The zero-order valence-corrected chi connectivity index (χ0v) is 21.2. The number of sulfonamides is 1. The van der Waals surface area contributed by atoms with E-state index < -0.39 is 10.0 Å². The van der Waals surface area contributed by atoms with Gasteiger partial charge in [-0.25, -0.2) is 8.42 Å². The van der Waals surface area contributed by atoms with Gasteiger partial charge in [-0.2, -0.15) is 9.40 Å². The van der Waals surface area contributed by atoms with E-state index in [0.717, 1.165) is 30.4 Å². The molecule has 0 bridgehead atoms. The van der Waals surface area contributed by atoms with Crippen molar-refractivity contribution in [2.24, 2.45) is 0 Å². The van der Waals surface area contributed by atoms with Gasteiger partial charge in [0.05, 0.1) is 24.2 Å². The highest BCUT2D eigenvalue weighted by atomic mass is 32.2. The Kier molecular flexibility index (Phi) is 8.00. The number of likely N-dealkylation sites (N-methyl/N-ethyl adjacent to an activating group) is 1. The lowest BCUT2D eigenvalue weighted by molar-refractivity contribution is -0.117. The van der Waals surface area contributed by atoms with Crippen LogP contribution >= 0.6 is 0 Å². The summed E-state index contributed by atoms with van der Waals surface area (Å²) in [6.45, 7) is 4.39. The molecule has 1 aliphatic heterocycles. The van der Waals surface area contributed by atoms with Crippen LogP contribution in [0.3, 0.4) is 0 Å². The molecule has 8 nitrogen and oxygen atoms in total. The number of aromatic nitrogens is 2. The summed E-state index contributed by atoms with van der Waals surface area (Å²) in [5.74, 6) is -0.195. The Morgan fingerprint density at radius 1 is 1.06 bits per heavy atom. The monoisotopic (exact) mass is 495 g/mol. The van der Waals surface area contributed by atoms with Crippen molar-refractivity contribution in [2.45, 2.75) is 44.2 Å². The summed E-state index contributed by atoms with van der Waals surface area (Å²) in [7, 11) is -1.69. The van der Waals surface area contributed by atoms with Gasteiger partial charge in [-0.1, -0.05) is 42.8 Å². The molecule has 0 saturated carbocycles. The average Bonchev–Trinajstić information content (AvgIpc) is 3.27. The molecule has 1 N–H and O–H groups in total. The summed E-state index contributed by atoms with van der Waals surface area (Å²) in [6, 6.07) is 15.1. The molecule has 35 heavy (non-hydrogen) atoms. The minimum atomic E-state index is -3.56. The molecule has 1 saturated heterocycles. The highest BCUT2D eigenvalue weighted by molar-refractivity contribution is 7.89. The van der Waals surface area contributed by atoms with Gasteiger partial charge in [0.25, 0.3) is 0 Å². The fourth-order valence-electron chi connectivity index (χ4n) is 4.30. The Morgan fingerprint density at radius 2 is 1.80 bits per heavy atom. The molecule has 0 atom stereocenters. The number of carbonyl (C=O) groups excluding carboxylic acids is 1. The predicted molar refractivity (Wildman–Crippen MR) is 137 cm³/mol. The SMILES string of the molecule is Cc1ccc(S(=O)(=O)N2CCCCC2)cc1NC(=O)CN(C)Cc1cnn(Cc2ccccc2)c1. The summed E-state index contributed by atoms with van der Waals surface area (Å²) in [5, 5.41) is 7.32. The third-order valence-electron chi connectivity index (χ3n) is 6.18. The van der Waals surface area contributed by atoms with Crippen LogP contribution in [-0.4, -0.2) is 60.0 Å². The van der Waals surface area contributed by atoms with Crippen molar-refractivity contribution in [1.29, 1.82) is 0 Å². The van der Waals surface area contributed by atoms with Crippen molar-refractivity contribution in [3.8, 4) is 0 Å². The second kappa shape index (κ2) is 11.2. The number of piperidine rings is 1. The number of hydrogen-bond acceptors (Lipinski definition) is 5. The predicted octanol–water partition coefficient (Wildman–Crippen LogP) is 3.48. The first-order valence-corrected chi connectivity index (χ1v) is 13.4. The van der Waals surface area contributed by atoms with Crippen molar-refractivity contribution in [1.82, 2.24) is 19.0 Å². The van der Waals surface area contributed by atoms with Crippen molar-refractivity contribution in [2.75, 3.05) is 32.0 Å². The smallest absolute Gasteiger partial charge is 0.243 e. The number of nitrogens with zero attached hydrogens (tertiary/aromatic N) is 4. The third kappa shape index (κ3) is 6.56. The first-order valence-electron chi connectivity index (χ1n) is 12.0. The van der Waals surface area contributed by atoms with Crippen LogP contribution in [-0.2, 0) is 27.9 Å². The van der Waals surface area contributed by atoms with Crippen LogP contribution in [0.5, 0.6) is 0 Å². The lowest BCUT2D eigenvalue weighted by Crippen LogP contribution is -2.35. The number of rotatable bonds is 9. The molecule has 186 valence electrons. The van der Waals surface area contributed by atoms with Crippen molar-refractivity contribution >= 4 is 21.6 Å². The van der Waals surface area contributed by atoms with Crippen LogP contribution in [0.1, 0.15) is 36.0 Å². The molecule has 2 heterocycles. The Labute approximate surface area is 207 Å². The van der Waals surface area contributed by atoms with Gasteiger partial charge in [-0.15, -0.1) is 0 Å². The number of hydrogen-bond donors (Lipinski definition) is 1. The van der Waals surface area contributed by atoms with E-state index in [9.17, 15) is 13.2 Å². The van der Waals surface area contributed by atoms with E-state index in [2.05, 4.69) is 22.5 Å². The molecule has 1 aliphatic rings. The van der Waals surface area contributed by atoms with Gasteiger partial charge in [-0.3, -0.25) is 14.4 Å². The molecule has 4 rings (SSSR count). The zero-order valence-electron chi connectivity index (χ0n) is 20.4. The molecule has 9 heteroatoms. The zero-order chi connectivity index (χ0) is 24.8. The van der Waals surface area contributed by atoms with Gasteiger partial charge in [0, 0.05) is 37.1 Å². The highest BCUT2D eigenvalue weighted by Gasteiger charge is 2.26. The first-order chi connectivity index (χ1) is 16.8. The number of benzene rings is 2. The topological polar surface area (TPSA) is 87.5 Å². The molecule has 2 aromatic carbocycles. The van der Waals surface area contributed by atoms with Crippen molar-refractivity contribution in [3.63, 3.8) is 0 Å². The van der Waals surface area contributed by atoms with E-state index in [1.165, 1.54) is 5.56 Å². The third-order valence-corrected chi connectivity index (χ3v) is 8.07. The maximum Gasteiger partial charge on any atom is 0.243 e. The molecule has 0 aliphatic carbocycles. The van der Waals surface area contributed by atoms with Crippen molar-refractivity contribution in [3.05, 3.63) is 77.6 Å². The Balaban J connectivity index is 1.34. The van der Waals surface area contributed by atoms with Gasteiger partial charge in [0.15, 0.2) is 0 Å². The minimum Gasteiger partial charge on any atom is -0.325 e. The van der Waals surface area contributed by atoms with E-state index in [1.807, 2.05) is 54.1 Å². The Hall–Kier alpha value is -3.01. The summed E-state index contributed by atoms with van der Waals surface area (Å²) in [5.41, 5.74) is 3.54. The maximum atomic E-state index is 13.0. The summed E-state index contributed by atoms with van der Waals surface area (Å²) >= 11 is 0. The summed E-state index contributed by atoms with van der Waals surface area (Å²) < 4.78 is 29.5. The quantitative estimate of drug-likeness (QED) is 0.491. The van der Waals surface area contributed by atoms with Crippen LogP contribution in [0.25, 0.3) is 0 Å². The molecule has 0 unspecified atom stereocenters. The molecular formula is C26H33N5O3S. The first kappa shape index (κ1) is 25.1. The largest absolute Gasteiger partial charge is 0.325 e. The van der Waals surface area contributed by atoms with E-state index in [0.29, 0.717) is 31.9 Å². The van der Waals surface area contributed by atoms with Crippen LogP contribution in [0.4, 0.5) is 5.69 Å². The molecular weight excluding hydrogens is 462 g/mol. The second-order valence-corrected chi connectivity index (χ2v) is 11.1. The fourth-order valence-corrected chi connectivity index (χ4v) is 5.84. The van der Waals surface area contributed by atoms with Crippen LogP contribution in [0.2, 0.25) is 0 Å². The fraction of sp³-hybridized carbons (Fsp3) is 0.385. The molecule has 1 aromatic heterocycles. The van der Waals surface area contributed by atoms with E-state index in [1.54, 1.807) is 22.5 Å². The normalized spacial score (nSPS) is 14.8. The summed E-state index contributed by atoms with van der Waals surface area (Å²) in [4.78, 5) is 14.9. The number of anilines is 1. The van der Waals surface area contributed by atoms with Crippen LogP contribution in [0.15, 0.2) is 65.8 Å². The second-order valence-electron chi connectivity index (χ2n) is 9.19.